The maximum atomic E-state index is 11.7. The third-order valence-corrected chi connectivity index (χ3v) is 3.30. The molecule has 94 valence electrons. The fourth-order valence-corrected chi connectivity index (χ4v) is 2.06. The van der Waals surface area contributed by atoms with E-state index in [4.69, 9.17) is 0 Å². The second-order valence-electron chi connectivity index (χ2n) is 4.02. The molecule has 0 saturated heterocycles. The van der Waals surface area contributed by atoms with E-state index in [-0.39, 0.29) is 10.8 Å². The number of nitrogens with one attached hydrogen (secondary N) is 2. The van der Waals surface area contributed by atoms with Crippen molar-refractivity contribution in [3.63, 3.8) is 0 Å². The Bertz CT molecular complexity index is 469. The molecule has 0 aromatic heterocycles. The first kappa shape index (κ1) is 13.5. The predicted molar refractivity (Wildman–Crippen MR) is 65.0 cm³/mol. The highest BCUT2D eigenvalue weighted by atomic mass is 32.2. The summed E-state index contributed by atoms with van der Waals surface area (Å²) in [5.41, 5.74) is 0. The summed E-state index contributed by atoms with van der Waals surface area (Å²) in [6.45, 7) is 4.27. The van der Waals surface area contributed by atoms with Crippen molar-refractivity contribution in [2.45, 2.75) is 18.7 Å². The Labute approximate surface area is 101 Å². The number of benzene rings is 1. The van der Waals surface area contributed by atoms with Crippen LogP contribution in [-0.2, 0) is 10.0 Å². The number of carbonyl (C=O) groups excluding carboxylic acids is 1. The van der Waals surface area contributed by atoms with Gasteiger partial charge in [-0.3, -0.25) is 0 Å². The number of carbonyl (C=O) groups is 1. The summed E-state index contributed by atoms with van der Waals surface area (Å²) < 4.78 is 25.4. The van der Waals surface area contributed by atoms with Crippen LogP contribution in [0.4, 0.5) is 4.79 Å². The van der Waals surface area contributed by atoms with Crippen LogP contribution in [-0.4, -0.2) is 21.0 Å². The third kappa shape index (κ3) is 4.44. The molecule has 0 unspecified atom stereocenters. The molecule has 1 aromatic carbocycles. The van der Waals surface area contributed by atoms with Crippen LogP contribution in [0.3, 0.4) is 0 Å². The number of amides is 2. The fraction of sp³-hybridized carbons (Fsp3) is 0.364. The maximum absolute atomic E-state index is 11.7. The van der Waals surface area contributed by atoms with Gasteiger partial charge in [0.2, 0.25) is 0 Å². The molecule has 2 amide bonds. The molecule has 0 aliphatic heterocycles. The topological polar surface area (TPSA) is 75.3 Å². The Hall–Kier alpha value is -1.56. The molecule has 0 atom stereocenters. The molecule has 0 radical (unpaired) electrons. The van der Waals surface area contributed by atoms with Crippen molar-refractivity contribution in [3.05, 3.63) is 30.3 Å². The first-order chi connectivity index (χ1) is 7.92. The smallest absolute Gasteiger partial charge is 0.328 e. The van der Waals surface area contributed by atoms with Gasteiger partial charge in [0.1, 0.15) is 0 Å². The van der Waals surface area contributed by atoms with E-state index in [2.05, 4.69) is 5.32 Å². The van der Waals surface area contributed by atoms with E-state index in [9.17, 15) is 13.2 Å². The number of sulfonamides is 1. The average Bonchev–Trinajstić information content (AvgIpc) is 2.27. The van der Waals surface area contributed by atoms with E-state index in [1.807, 2.05) is 18.6 Å². The van der Waals surface area contributed by atoms with Crippen LogP contribution >= 0.6 is 0 Å². The Morgan fingerprint density at radius 3 is 2.35 bits per heavy atom. The number of urea groups is 1. The van der Waals surface area contributed by atoms with Gasteiger partial charge in [-0.25, -0.2) is 17.9 Å². The van der Waals surface area contributed by atoms with Gasteiger partial charge in [-0.1, -0.05) is 32.0 Å². The minimum Gasteiger partial charge on any atom is -0.337 e. The van der Waals surface area contributed by atoms with Crippen LogP contribution in [0.2, 0.25) is 0 Å². The lowest BCUT2D eigenvalue weighted by Gasteiger charge is -2.09. The van der Waals surface area contributed by atoms with Crippen LogP contribution in [0, 0.1) is 5.92 Å². The van der Waals surface area contributed by atoms with Gasteiger partial charge in [0.15, 0.2) is 0 Å². The van der Waals surface area contributed by atoms with Crippen molar-refractivity contribution in [2.24, 2.45) is 5.92 Å². The van der Waals surface area contributed by atoms with Gasteiger partial charge < -0.3 is 5.32 Å². The summed E-state index contributed by atoms with van der Waals surface area (Å²) in [5.74, 6) is 0.264. The highest BCUT2D eigenvalue weighted by molar-refractivity contribution is 7.90. The van der Waals surface area contributed by atoms with Crippen LogP contribution in [0.1, 0.15) is 13.8 Å². The van der Waals surface area contributed by atoms with E-state index in [0.29, 0.717) is 6.54 Å². The summed E-state index contributed by atoms with van der Waals surface area (Å²) in [4.78, 5) is 11.4. The van der Waals surface area contributed by atoms with Gasteiger partial charge in [-0.2, -0.15) is 0 Å². The lowest BCUT2D eigenvalue weighted by atomic mass is 10.2. The number of rotatable bonds is 4. The van der Waals surface area contributed by atoms with E-state index < -0.39 is 16.1 Å². The summed E-state index contributed by atoms with van der Waals surface area (Å²) in [6.07, 6.45) is 0. The summed E-state index contributed by atoms with van der Waals surface area (Å²) in [6, 6.07) is 7.05. The molecule has 0 bridgehead atoms. The number of hydrogen-bond donors (Lipinski definition) is 2. The zero-order chi connectivity index (χ0) is 12.9. The van der Waals surface area contributed by atoms with Gasteiger partial charge >= 0.3 is 6.03 Å². The normalized spacial score (nSPS) is 11.2. The standard InChI is InChI=1S/C11H16N2O3S/c1-9(2)8-12-11(14)13-17(15,16)10-6-4-3-5-7-10/h3-7,9H,8H2,1-2H3,(H2,12,13,14). The van der Waals surface area contributed by atoms with E-state index >= 15 is 0 Å². The highest BCUT2D eigenvalue weighted by Crippen LogP contribution is 2.06. The zero-order valence-corrected chi connectivity index (χ0v) is 10.6. The molecule has 17 heavy (non-hydrogen) atoms. The van der Waals surface area contributed by atoms with E-state index in [0.717, 1.165) is 0 Å². The molecule has 0 fully saturated rings. The van der Waals surface area contributed by atoms with Crippen molar-refractivity contribution in [1.29, 1.82) is 0 Å². The van der Waals surface area contributed by atoms with Crippen molar-refractivity contribution < 1.29 is 13.2 Å². The van der Waals surface area contributed by atoms with E-state index in [1.165, 1.54) is 12.1 Å². The summed E-state index contributed by atoms with van der Waals surface area (Å²) in [7, 11) is -3.77. The largest absolute Gasteiger partial charge is 0.337 e. The molecule has 1 aromatic rings. The van der Waals surface area contributed by atoms with Crippen LogP contribution in [0.5, 0.6) is 0 Å². The molecule has 5 nitrogen and oxygen atoms in total. The molecular formula is C11H16N2O3S. The molecule has 2 N–H and O–H groups in total. The van der Waals surface area contributed by atoms with Crippen LogP contribution in [0.25, 0.3) is 0 Å². The van der Waals surface area contributed by atoms with Crippen LogP contribution in [0.15, 0.2) is 35.2 Å². The fourth-order valence-electron chi connectivity index (χ4n) is 1.11. The second-order valence-corrected chi connectivity index (χ2v) is 5.70. The Kier molecular flexibility index (Phi) is 4.51. The SMILES string of the molecule is CC(C)CNC(=O)NS(=O)(=O)c1ccccc1. The molecule has 0 aliphatic carbocycles. The molecule has 0 aliphatic rings. The Morgan fingerprint density at radius 1 is 1.24 bits per heavy atom. The average molecular weight is 256 g/mol. The number of hydrogen-bond acceptors (Lipinski definition) is 3. The maximum Gasteiger partial charge on any atom is 0.328 e. The Balaban J connectivity index is 2.65. The van der Waals surface area contributed by atoms with Crippen molar-refractivity contribution in [1.82, 2.24) is 10.0 Å². The molecule has 0 heterocycles. The molecular weight excluding hydrogens is 240 g/mol. The summed E-state index contributed by atoms with van der Waals surface area (Å²) >= 11 is 0. The lowest BCUT2D eigenvalue weighted by molar-refractivity contribution is 0.244. The van der Waals surface area contributed by atoms with Gasteiger partial charge in [0, 0.05) is 6.54 Å². The van der Waals surface area contributed by atoms with Gasteiger partial charge in [-0.15, -0.1) is 0 Å². The predicted octanol–water partition coefficient (Wildman–Crippen LogP) is 1.33. The zero-order valence-electron chi connectivity index (χ0n) is 9.80. The summed E-state index contributed by atoms with van der Waals surface area (Å²) in [5, 5.41) is 2.48. The van der Waals surface area contributed by atoms with Crippen molar-refractivity contribution in [3.8, 4) is 0 Å². The monoisotopic (exact) mass is 256 g/mol. The van der Waals surface area contributed by atoms with Crippen molar-refractivity contribution >= 4 is 16.1 Å². The first-order valence-electron chi connectivity index (χ1n) is 5.27. The third-order valence-electron chi connectivity index (χ3n) is 1.95. The molecule has 0 saturated carbocycles. The van der Waals surface area contributed by atoms with Crippen molar-refractivity contribution in [2.75, 3.05) is 6.54 Å². The minimum atomic E-state index is -3.77. The second kappa shape index (κ2) is 5.67. The van der Waals surface area contributed by atoms with Gasteiger partial charge in [0.25, 0.3) is 10.0 Å². The molecule has 6 heteroatoms. The molecule has 0 spiro atoms. The quantitative estimate of drug-likeness (QED) is 0.853. The Morgan fingerprint density at radius 2 is 1.82 bits per heavy atom. The minimum absolute atomic E-state index is 0.0692. The lowest BCUT2D eigenvalue weighted by Crippen LogP contribution is -2.40. The highest BCUT2D eigenvalue weighted by Gasteiger charge is 2.16. The van der Waals surface area contributed by atoms with E-state index in [1.54, 1.807) is 18.2 Å². The molecule has 1 rings (SSSR count). The first-order valence-corrected chi connectivity index (χ1v) is 6.76. The van der Waals surface area contributed by atoms with Crippen LogP contribution < -0.4 is 10.0 Å². The van der Waals surface area contributed by atoms with Gasteiger partial charge in [0.05, 0.1) is 4.90 Å². The van der Waals surface area contributed by atoms with Gasteiger partial charge in [-0.05, 0) is 18.1 Å².